The van der Waals surface area contributed by atoms with E-state index in [-0.39, 0.29) is 0 Å². The molecule has 0 amide bonds. The summed E-state index contributed by atoms with van der Waals surface area (Å²) in [6.07, 6.45) is 3.81. The van der Waals surface area contributed by atoms with Crippen LogP contribution in [0.15, 0.2) is 52.2 Å². The standard InChI is InChI=1S/C19H27N5O/c1-15(16-6-4-3-5-7-16)24-11-8-17(9-12-24)22-19(20-2)21-14-18-10-13-25-23-18/h3-7,10,13,15,17H,8-9,11-12,14H2,1-2H3,(H2,20,21,22). The molecule has 1 unspecified atom stereocenters. The second kappa shape index (κ2) is 8.67. The second-order valence-electron chi connectivity index (χ2n) is 6.46. The Kier molecular flexibility index (Phi) is 6.06. The Morgan fingerprint density at radius 1 is 1.28 bits per heavy atom. The summed E-state index contributed by atoms with van der Waals surface area (Å²) in [5, 5.41) is 10.7. The Morgan fingerprint density at radius 2 is 2.04 bits per heavy atom. The third kappa shape index (κ3) is 4.82. The molecule has 0 spiro atoms. The molecule has 3 rings (SSSR count). The van der Waals surface area contributed by atoms with E-state index < -0.39 is 0 Å². The lowest BCUT2D eigenvalue weighted by atomic mass is 10.0. The molecule has 2 aromatic rings. The van der Waals surface area contributed by atoms with Gasteiger partial charge < -0.3 is 15.2 Å². The molecule has 1 fully saturated rings. The minimum atomic E-state index is 0.447. The average molecular weight is 341 g/mol. The molecule has 134 valence electrons. The maximum absolute atomic E-state index is 4.85. The van der Waals surface area contributed by atoms with E-state index in [1.54, 1.807) is 13.3 Å². The van der Waals surface area contributed by atoms with Crippen LogP contribution in [0.5, 0.6) is 0 Å². The lowest BCUT2D eigenvalue weighted by Crippen LogP contribution is -2.48. The largest absolute Gasteiger partial charge is 0.364 e. The number of guanidine groups is 1. The number of aliphatic imine (C=N–C) groups is 1. The molecule has 6 heteroatoms. The number of hydrogen-bond donors (Lipinski definition) is 2. The summed E-state index contributed by atoms with van der Waals surface area (Å²) in [6.45, 7) is 5.09. The molecule has 1 atom stereocenters. The zero-order chi connectivity index (χ0) is 17.5. The van der Waals surface area contributed by atoms with Gasteiger partial charge in [-0.25, -0.2) is 0 Å². The fraction of sp³-hybridized carbons (Fsp3) is 0.474. The van der Waals surface area contributed by atoms with Crippen LogP contribution in [0.3, 0.4) is 0 Å². The van der Waals surface area contributed by atoms with Gasteiger partial charge in [0.25, 0.3) is 0 Å². The fourth-order valence-corrected chi connectivity index (χ4v) is 3.26. The van der Waals surface area contributed by atoms with Crippen molar-refractivity contribution >= 4 is 5.96 Å². The van der Waals surface area contributed by atoms with Crippen molar-refractivity contribution in [3.05, 3.63) is 53.9 Å². The number of nitrogens with one attached hydrogen (secondary N) is 2. The molecule has 6 nitrogen and oxygen atoms in total. The number of aromatic nitrogens is 1. The highest BCUT2D eigenvalue weighted by Crippen LogP contribution is 2.23. The van der Waals surface area contributed by atoms with Gasteiger partial charge in [-0.1, -0.05) is 35.5 Å². The zero-order valence-corrected chi connectivity index (χ0v) is 15.0. The van der Waals surface area contributed by atoms with Gasteiger partial charge in [0.15, 0.2) is 5.96 Å². The van der Waals surface area contributed by atoms with E-state index in [1.165, 1.54) is 5.56 Å². The molecule has 1 aliphatic heterocycles. The number of rotatable bonds is 5. The van der Waals surface area contributed by atoms with Crippen molar-refractivity contribution in [2.75, 3.05) is 20.1 Å². The first-order valence-electron chi connectivity index (χ1n) is 8.91. The SMILES string of the molecule is CN=C(NCc1ccon1)NC1CCN(C(C)c2ccccc2)CC1. The zero-order valence-electron chi connectivity index (χ0n) is 15.0. The van der Waals surface area contributed by atoms with Crippen molar-refractivity contribution in [2.24, 2.45) is 4.99 Å². The van der Waals surface area contributed by atoms with E-state index in [1.807, 2.05) is 6.07 Å². The fourth-order valence-electron chi connectivity index (χ4n) is 3.26. The van der Waals surface area contributed by atoms with Gasteiger partial charge in [-0.15, -0.1) is 0 Å². The summed E-state index contributed by atoms with van der Waals surface area (Å²) in [7, 11) is 1.80. The molecule has 1 aliphatic rings. The van der Waals surface area contributed by atoms with E-state index in [0.717, 1.165) is 37.6 Å². The second-order valence-corrected chi connectivity index (χ2v) is 6.46. The molecule has 1 saturated heterocycles. The smallest absolute Gasteiger partial charge is 0.191 e. The molecule has 1 aromatic heterocycles. The van der Waals surface area contributed by atoms with Crippen molar-refractivity contribution in [1.82, 2.24) is 20.7 Å². The third-order valence-electron chi connectivity index (χ3n) is 4.85. The van der Waals surface area contributed by atoms with Crippen molar-refractivity contribution in [3.63, 3.8) is 0 Å². The van der Waals surface area contributed by atoms with Crippen LogP contribution in [0.25, 0.3) is 0 Å². The number of nitrogens with zero attached hydrogens (tertiary/aromatic N) is 3. The Balaban J connectivity index is 1.45. The van der Waals surface area contributed by atoms with Crippen LogP contribution in [0.1, 0.15) is 37.1 Å². The summed E-state index contributed by atoms with van der Waals surface area (Å²) in [5.41, 5.74) is 2.26. The maximum Gasteiger partial charge on any atom is 0.191 e. The normalized spacial score (nSPS) is 18.1. The Bertz CT molecular complexity index is 648. The van der Waals surface area contributed by atoms with Gasteiger partial charge in [-0.3, -0.25) is 9.89 Å². The average Bonchev–Trinajstić information content (AvgIpc) is 3.19. The molecule has 1 aromatic carbocycles. The maximum atomic E-state index is 4.85. The van der Waals surface area contributed by atoms with Crippen LogP contribution in [-0.4, -0.2) is 42.2 Å². The van der Waals surface area contributed by atoms with E-state index in [4.69, 9.17) is 4.52 Å². The van der Waals surface area contributed by atoms with Crippen LogP contribution in [-0.2, 0) is 6.54 Å². The first kappa shape index (κ1) is 17.5. The highest BCUT2D eigenvalue weighted by Gasteiger charge is 2.23. The van der Waals surface area contributed by atoms with Gasteiger partial charge in [-0.05, 0) is 25.3 Å². The highest BCUT2D eigenvalue weighted by atomic mass is 16.5. The predicted molar refractivity (Wildman–Crippen MR) is 99.3 cm³/mol. The Labute approximate surface area is 149 Å². The van der Waals surface area contributed by atoms with Gasteiger partial charge in [0, 0.05) is 38.3 Å². The van der Waals surface area contributed by atoms with Crippen molar-refractivity contribution in [2.45, 2.75) is 38.4 Å². The first-order chi connectivity index (χ1) is 12.3. The number of hydrogen-bond acceptors (Lipinski definition) is 4. The molecular formula is C19H27N5O. The summed E-state index contributed by atoms with van der Waals surface area (Å²) in [6, 6.07) is 13.5. The molecule has 0 radical (unpaired) electrons. The molecule has 0 aliphatic carbocycles. The van der Waals surface area contributed by atoms with Gasteiger partial charge in [0.05, 0.1) is 6.54 Å². The summed E-state index contributed by atoms with van der Waals surface area (Å²) in [4.78, 5) is 6.86. The van der Waals surface area contributed by atoms with Crippen molar-refractivity contribution in [1.29, 1.82) is 0 Å². The van der Waals surface area contributed by atoms with Gasteiger partial charge in [0.1, 0.15) is 12.0 Å². The first-order valence-corrected chi connectivity index (χ1v) is 8.91. The van der Waals surface area contributed by atoms with Gasteiger partial charge in [0.2, 0.25) is 0 Å². The minimum Gasteiger partial charge on any atom is -0.364 e. The summed E-state index contributed by atoms with van der Waals surface area (Å²) < 4.78 is 4.85. The van der Waals surface area contributed by atoms with Crippen LogP contribution in [0.2, 0.25) is 0 Å². The van der Waals surface area contributed by atoms with E-state index in [2.05, 4.69) is 62.9 Å². The molecule has 2 heterocycles. The number of likely N-dealkylation sites (tertiary alicyclic amines) is 1. The Morgan fingerprint density at radius 3 is 2.68 bits per heavy atom. The van der Waals surface area contributed by atoms with Crippen molar-refractivity contribution in [3.8, 4) is 0 Å². The number of piperidine rings is 1. The third-order valence-corrected chi connectivity index (χ3v) is 4.85. The van der Waals surface area contributed by atoms with E-state index >= 15 is 0 Å². The van der Waals surface area contributed by atoms with Crippen LogP contribution < -0.4 is 10.6 Å². The summed E-state index contributed by atoms with van der Waals surface area (Å²) in [5.74, 6) is 0.817. The monoisotopic (exact) mass is 341 g/mol. The highest BCUT2D eigenvalue weighted by molar-refractivity contribution is 5.79. The lowest BCUT2D eigenvalue weighted by molar-refractivity contribution is 0.158. The van der Waals surface area contributed by atoms with Gasteiger partial charge >= 0.3 is 0 Å². The van der Waals surface area contributed by atoms with E-state index in [0.29, 0.717) is 18.6 Å². The van der Waals surface area contributed by atoms with Crippen LogP contribution in [0, 0.1) is 0 Å². The minimum absolute atomic E-state index is 0.447. The topological polar surface area (TPSA) is 65.7 Å². The van der Waals surface area contributed by atoms with Crippen LogP contribution >= 0.6 is 0 Å². The van der Waals surface area contributed by atoms with Crippen molar-refractivity contribution < 1.29 is 4.52 Å². The molecule has 0 saturated carbocycles. The molecule has 0 bridgehead atoms. The summed E-state index contributed by atoms with van der Waals surface area (Å²) >= 11 is 0. The van der Waals surface area contributed by atoms with E-state index in [9.17, 15) is 0 Å². The van der Waals surface area contributed by atoms with Gasteiger partial charge in [-0.2, -0.15) is 0 Å². The quantitative estimate of drug-likeness (QED) is 0.646. The lowest BCUT2D eigenvalue weighted by Gasteiger charge is -2.37. The molecule has 25 heavy (non-hydrogen) atoms. The predicted octanol–water partition coefficient (Wildman–Crippen LogP) is 2.57. The molecule has 2 N–H and O–H groups in total. The van der Waals surface area contributed by atoms with Crippen LogP contribution in [0.4, 0.5) is 0 Å². The molecular weight excluding hydrogens is 314 g/mol. The number of benzene rings is 1. The Hall–Kier alpha value is -2.34.